The number of nitrogens with zero attached hydrogens (tertiary/aromatic N) is 1. The zero-order chi connectivity index (χ0) is 16.9. The normalized spacial score (nSPS) is 17.2. The molecule has 0 N–H and O–H groups in total. The van der Waals surface area contributed by atoms with Gasteiger partial charge in [0.05, 0.1) is 19.5 Å². The maximum absolute atomic E-state index is 12.3. The minimum Gasteiger partial charge on any atom is -0.497 e. The van der Waals surface area contributed by atoms with Gasteiger partial charge >= 0.3 is 0 Å². The molecule has 0 aliphatic carbocycles. The first-order valence-corrected chi connectivity index (χ1v) is 9.03. The number of methoxy groups -OCH3 is 1. The number of hydrogen-bond acceptors (Lipinski definition) is 4. The topological polar surface area (TPSA) is 38.8 Å². The van der Waals surface area contributed by atoms with E-state index in [0.29, 0.717) is 18.9 Å². The minimum absolute atomic E-state index is 0.0512. The molecule has 1 aliphatic rings. The predicted molar refractivity (Wildman–Crippen MR) is 96.4 cm³/mol. The van der Waals surface area contributed by atoms with Crippen LogP contribution in [0.1, 0.15) is 23.4 Å². The number of carbonyl (C=O) groups excluding carboxylic acids is 1. The maximum atomic E-state index is 12.3. The number of rotatable bonds is 6. The van der Waals surface area contributed by atoms with E-state index in [4.69, 9.17) is 9.47 Å². The highest BCUT2D eigenvalue weighted by Gasteiger charge is 2.32. The molecule has 1 fully saturated rings. The lowest BCUT2D eigenvalue weighted by molar-refractivity contribution is -0.128. The van der Waals surface area contributed by atoms with Gasteiger partial charge in [-0.15, -0.1) is 11.8 Å². The van der Waals surface area contributed by atoms with Crippen LogP contribution in [0.25, 0.3) is 0 Å². The fourth-order valence-electron chi connectivity index (χ4n) is 2.72. The zero-order valence-electron chi connectivity index (χ0n) is 13.9. The molecule has 3 rings (SSSR count). The van der Waals surface area contributed by atoms with E-state index in [2.05, 4.69) is 0 Å². The highest BCUT2D eigenvalue weighted by atomic mass is 32.2. The van der Waals surface area contributed by atoms with Crippen LogP contribution in [0.5, 0.6) is 11.5 Å². The van der Waals surface area contributed by atoms with E-state index in [0.717, 1.165) is 22.6 Å². The molecular formula is C19H21NO3S. The van der Waals surface area contributed by atoms with E-state index >= 15 is 0 Å². The van der Waals surface area contributed by atoms with Crippen molar-refractivity contribution >= 4 is 17.7 Å². The van der Waals surface area contributed by atoms with Gasteiger partial charge in [0, 0.05) is 6.54 Å². The predicted octanol–water partition coefficient (Wildman–Crippen LogP) is 3.87. The van der Waals surface area contributed by atoms with Crippen LogP contribution in [0.15, 0.2) is 48.5 Å². The molecule has 24 heavy (non-hydrogen) atoms. The van der Waals surface area contributed by atoms with Crippen LogP contribution in [0.4, 0.5) is 0 Å². The van der Waals surface area contributed by atoms with Gasteiger partial charge in [0.1, 0.15) is 16.9 Å². The number of ether oxygens (including phenoxy) is 2. The van der Waals surface area contributed by atoms with E-state index in [1.165, 1.54) is 0 Å². The first-order valence-electron chi connectivity index (χ1n) is 7.98. The number of amides is 1. The van der Waals surface area contributed by atoms with Crippen molar-refractivity contribution in [2.45, 2.75) is 18.8 Å². The summed E-state index contributed by atoms with van der Waals surface area (Å²) in [5, 5.41) is 0.0512. The minimum atomic E-state index is 0.0512. The van der Waals surface area contributed by atoms with Gasteiger partial charge in [-0.2, -0.15) is 0 Å². The van der Waals surface area contributed by atoms with Gasteiger partial charge in [-0.25, -0.2) is 0 Å². The number of benzene rings is 2. The molecule has 4 nitrogen and oxygen atoms in total. The van der Waals surface area contributed by atoms with Gasteiger partial charge in [-0.05, 0) is 42.3 Å². The first kappa shape index (κ1) is 16.7. The molecule has 1 heterocycles. The Morgan fingerprint density at radius 1 is 1.08 bits per heavy atom. The Morgan fingerprint density at radius 2 is 1.75 bits per heavy atom. The van der Waals surface area contributed by atoms with Gasteiger partial charge in [0.25, 0.3) is 0 Å². The lowest BCUT2D eigenvalue weighted by Gasteiger charge is -2.24. The van der Waals surface area contributed by atoms with Crippen LogP contribution in [-0.2, 0) is 11.3 Å². The van der Waals surface area contributed by atoms with Crippen molar-refractivity contribution in [2.75, 3.05) is 19.5 Å². The maximum Gasteiger partial charge on any atom is 0.234 e. The van der Waals surface area contributed by atoms with E-state index in [1.54, 1.807) is 18.9 Å². The SMILES string of the molecule is CCOc1ccc(C2SCC(=O)N2Cc2ccc(OC)cc2)cc1. The summed E-state index contributed by atoms with van der Waals surface area (Å²) in [6.45, 7) is 3.23. The lowest BCUT2D eigenvalue weighted by atomic mass is 10.1. The van der Waals surface area contributed by atoms with Crippen molar-refractivity contribution < 1.29 is 14.3 Å². The van der Waals surface area contributed by atoms with E-state index in [-0.39, 0.29) is 11.3 Å². The lowest BCUT2D eigenvalue weighted by Crippen LogP contribution is -2.27. The van der Waals surface area contributed by atoms with Crippen molar-refractivity contribution in [3.05, 3.63) is 59.7 Å². The van der Waals surface area contributed by atoms with Crippen LogP contribution in [0.2, 0.25) is 0 Å². The van der Waals surface area contributed by atoms with Crippen LogP contribution >= 0.6 is 11.8 Å². The summed E-state index contributed by atoms with van der Waals surface area (Å²) >= 11 is 1.67. The van der Waals surface area contributed by atoms with E-state index in [9.17, 15) is 4.79 Å². The van der Waals surface area contributed by atoms with Gasteiger partial charge < -0.3 is 14.4 Å². The Kier molecular flexibility index (Phi) is 5.30. The number of thioether (sulfide) groups is 1. The molecule has 5 heteroatoms. The second-order valence-electron chi connectivity index (χ2n) is 5.54. The Hall–Kier alpha value is -2.14. The summed E-state index contributed by atoms with van der Waals surface area (Å²) in [6.07, 6.45) is 0. The fourth-order valence-corrected chi connectivity index (χ4v) is 3.91. The molecule has 1 saturated heterocycles. The fraction of sp³-hybridized carbons (Fsp3) is 0.316. The van der Waals surface area contributed by atoms with Gasteiger partial charge in [-0.3, -0.25) is 4.79 Å². The summed E-state index contributed by atoms with van der Waals surface area (Å²) < 4.78 is 10.7. The summed E-state index contributed by atoms with van der Waals surface area (Å²) in [6, 6.07) is 15.9. The van der Waals surface area contributed by atoms with E-state index < -0.39 is 0 Å². The van der Waals surface area contributed by atoms with Crippen LogP contribution in [0, 0.1) is 0 Å². The number of carbonyl (C=O) groups is 1. The van der Waals surface area contributed by atoms with Gasteiger partial charge in [0.15, 0.2) is 0 Å². The summed E-state index contributed by atoms with van der Waals surface area (Å²) in [4.78, 5) is 14.2. The molecule has 0 saturated carbocycles. The Bertz CT molecular complexity index is 685. The quantitative estimate of drug-likeness (QED) is 0.798. The Morgan fingerprint density at radius 3 is 2.38 bits per heavy atom. The molecule has 2 aromatic rings. The third kappa shape index (κ3) is 3.67. The Labute approximate surface area is 146 Å². The molecule has 1 aliphatic heterocycles. The van der Waals surface area contributed by atoms with Crippen molar-refractivity contribution in [3.8, 4) is 11.5 Å². The highest BCUT2D eigenvalue weighted by molar-refractivity contribution is 8.00. The van der Waals surface area contributed by atoms with Crippen molar-refractivity contribution in [1.29, 1.82) is 0 Å². The summed E-state index contributed by atoms with van der Waals surface area (Å²) in [5.41, 5.74) is 2.23. The van der Waals surface area contributed by atoms with Gasteiger partial charge in [-0.1, -0.05) is 24.3 Å². The second-order valence-corrected chi connectivity index (χ2v) is 6.60. The monoisotopic (exact) mass is 343 g/mol. The molecule has 1 unspecified atom stereocenters. The average molecular weight is 343 g/mol. The molecule has 0 radical (unpaired) electrons. The summed E-state index contributed by atoms with van der Waals surface area (Å²) in [5.74, 6) is 2.38. The van der Waals surface area contributed by atoms with Crippen LogP contribution < -0.4 is 9.47 Å². The zero-order valence-corrected chi connectivity index (χ0v) is 14.7. The van der Waals surface area contributed by atoms with E-state index in [1.807, 2.05) is 60.4 Å². The molecule has 0 spiro atoms. The second kappa shape index (κ2) is 7.62. The van der Waals surface area contributed by atoms with Crippen LogP contribution in [-0.4, -0.2) is 30.3 Å². The molecule has 0 bridgehead atoms. The third-order valence-electron chi connectivity index (χ3n) is 3.96. The largest absolute Gasteiger partial charge is 0.497 e. The highest BCUT2D eigenvalue weighted by Crippen LogP contribution is 2.40. The first-order chi connectivity index (χ1) is 11.7. The third-order valence-corrected chi connectivity index (χ3v) is 5.21. The molecule has 126 valence electrons. The van der Waals surface area contributed by atoms with Crippen molar-refractivity contribution in [3.63, 3.8) is 0 Å². The average Bonchev–Trinajstić information content (AvgIpc) is 2.97. The molecule has 2 aromatic carbocycles. The van der Waals surface area contributed by atoms with Crippen molar-refractivity contribution in [2.24, 2.45) is 0 Å². The van der Waals surface area contributed by atoms with Gasteiger partial charge in [0.2, 0.25) is 5.91 Å². The number of hydrogen-bond donors (Lipinski definition) is 0. The molecule has 1 atom stereocenters. The standard InChI is InChI=1S/C19H21NO3S/c1-3-23-17-10-6-15(7-11-17)19-20(18(21)13-24-19)12-14-4-8-16(22-2)9-5-14/h4-11,19H,3,12-13H2,1-2H3. The van der Waals surface area contributed by atoms with Crippen LogP contribution in [0.3, 0.4) is 0 Å². The smallest absolute Gasteiger partial charge is 0.234 e. The summed E-state index contributed by atoms with van der Waals surface area (Å²) in [7, 11) is 1.65. The molecular weight excluding hydrogens is 322 g/mol. The Balaban J connectivity index is 1.75. The molecule has 1 amide bonds. The van der Waals surface area contributed by atoms with Crippen molar-refractivity contribution in [1.82, 2.24) is 4.90 Å². The molecule has 0 aromatic heterocycles.